The fourth-order valence-corrected chi connectivity index (χ4v) is 7.24. The summed E-state index contributed by atoms with van der Waals surface area (Å²) in [7, 11) is 0. The number of hydrogen-bond acceptors (Lipinski definition) is 4. The molecule has 2 saturated heterocycles. The van der Waals surface area contributed by atoms with Crippen molar-refractivity contribution in [2.45, 2.75) is 104 Å². The maximum absolute atomic E-state index is 13.2. The molecular weight excluding hydrogens is 476 g/mol. The number of nitrogens with zero attached hydrogens (tertiary/aromatic N) is 1. The highest BCUT2D eigenvalue weighted by Gasteiger charge is 2.42. The summed E-state index contributed by atoms with van der Waals surface area (Å²) in [5.41, 5.74) is 0.313. The van der Waals surface area contributed by atoms with E-state index in [4.69, 9.17) is 11.6 Å². The normalized spacial score (nSPS) is 34.8. The largest absolute Gasteiger partial charge is 0.412 e. The van der Waals surface area contributed by atoms with Crippen LogP contribution < -0.4 is 16.0 Å². The first-order valence-corrected chi connectivity index (χ1v) is 14.0. The van der Waals surface area contributed by atoms with Gasteiger partial charge in [-0.3, -0.25) is 15.4 Å². The average Bonchev–Trinajstić information content (AvgIpc) is 2.78. The first kappa shape index (κ1) is 33.3. The van der Waals surface area contributed by atoms with Crippen molar-refractivity contribution in [2.24, 2.45) is 29.1 Å². The molecule has 7 N–H and O–H groups in total. The van der Waals surface area contributed by atoms with E-state index in [2.05, 4.69) is 60.7 Å². The van der Waals surface area contributed by atoms with Crippen LogP contribution in [0.4, 0.5) is 0 Å². The zero-order valence-electron chi connectivity index (χ0n) is 22.3. The summed E-state index contributed by atoms with van der Waals surface area (Å²) in [5, 5.41) is 10.9. The quantitative estimate of drug-likeness (QED) is 0.361. The van der Waals surface area contributed by atoms with Gasteiger partial charge in [0.25, 0.3) is 0 Å². The van der Waals surface area contributed by atoms with Crippen LogP contribution in [0.3, 0.4) is 0 Å². The van der Waals surface area contributed by atoms with E-state index in [0.717, 1.165) is 50.9 Å². The maximum Gasteiger partial charge on any atom is 0.237 e. The van der Waals surface area contributed by atoms with Gasteiger partial charge in [0, 0.05) is 37.0 Å². The molecule has 0 radical (unpaired) electrons. The van der Waals surface area contributed by atoms with Gasteiger partial charge < -0.3 is 21.2 Å². The molecule has 3 aliphatic heterocycles. The maximum atomic E-state index is 13.2. The fraction of sp³-hybridized carbons (Fsp3) is 0.893. The second-order valence-corrected chi connectivity index (χ2v) is 12.9. The Bertz CT molecular complexity index is 696. The van der Waals surface area contributed by atoms with E-state index in [9.17, 15) is 4.79 Å². The molecule has 0 aromatic heterocycles. The molecule has 1 saturated carbocycles. The van der Waals surface area contributed by atoms with Gasteiger partial charge in [0.2, 0.25) is 5.91 Å². The number of alkyl halides is 1. The Kier molecular flexibility index (Phi) is 13.4. The van der Waals surface area contributed by atoms with Crippen molar-refractivity contribution < 1.29 is 15.7 Å². The molecule has 0 bridgehead atoms. The second kappa shape index (κ2) is 14.5. The van der Waals surface area contributed by atoms with Crippen molar-refractivity contribution in [1.82, 2.24) is 20.9 Å². The molecule has 36 heavy (non-hydrogen) atoms. The molecule has 7 nitrogen and oxygen atoms in total. The average molecular weight is 531 g/mol. The van der Waals surface area contributed by atoms with Crippen molar-refractivity contribution >= 4 is 17.5 Å². The molecule has 3 fully saturated rings. The summed E-state index contributed by atoms with van der Waals surface area (Å²) >= 11 is 6.38. The van der Waals surface area contributed by atoms with Crippen LogP contribution >= 0.6 is 11.6 Å². The molecule has 3 unspecified atom stereocenters. The van der Waals surface area contributed by atoms with Crippen LogP contribution in [-0.2, 0) is 4.79 Å². The third-order valence-electron chi connectivity index (χ3n) is 9.00. The molecule has 4 aliphatic rings. The Morgan fingerprint density at radius 1 is 1.11 bits per heavy atom. The molecule has 5 atom stereocenters. The highest BCUT2D eigenvalue weighted by atomic mass is 35.5. The summed E-state index contributed by atoms with van der Waals surface area (Å²) in [4.78, 5) is 15.8. The molecule has 212 valence electrons. The minimum absolute atomic E-state index is 0. The SMILES string of the molecule is C.CC(C)[C@H](CN1CC[C@H](C2CCC(Cl)CC2)C(C)(C)C1)NC(=O)C1CCC2C=CCNC2N1.O.O. The Balaban J connectivity index is 0.00000216. The van der Waals surface area contributed by atoms with E-state index in [-0.39, 0.29) is 42.5 Å². The van der Waals surface area contributed by atoms with Crippen LogP contribution in [0, 0.1) is 29.1 Å². The number of carbonyl (C=O) groups excluding carboxylic acids is 1. The van der Waals surface area contributed by atoms with Crippen LogP contribution in [0.5, 0.6) is 0 Å². The number of likely N-dealkylation sites (tertiary alicyclic amines) is 1. The molecule has 4 rings (SSSR count). The lowest BCUT2D eigenvalue weighted by atomic mass is 9.64. The van der Waals surface area contributed by atoms with Gasteiger partial charge in [-0.05, 0) is 74.7 Å². The van der Waals surface area contributed by atoms with Gasteiger partial charge in [0.1, 0.15) is 0 Å². The van der Waals surface area contributed by atoms with E-state index in [1.54, 1.807) is 0 Å². The van der Waals surface area contributed by atoms with Crippen molar-refractivity contribution in [3.05, 3.63) is 12.2 Å². The fourth-order valence-electron chi connectivity index (χ4n) is 6.99. The van der Waals surface area contributed by atoms with Gasteiger partial charge >= 0.3 is 0 Å². The van der Waals surface area contributed by atoms with Crippen molar-refractivity contribution in [3.63, 3.8) is 0 Å². The lowest BCUT2D eigenvalue weighted by Gasteiger charge is -2.49. The molecule has 1 amide bonds. The zero-order chi connectivity index (χ0) is 23.6. The number of halogens is 1. The van der Waals surface area contributed by atoms with E-state index < -0.39 is 0 Å². The Morgan fingerprint density at radius 2 is 1.81 bits per heavy atom. The standard InChI is InChI=1S/C27H47ClN4O.CH4.2H2O/c1-18(2)24(31-26(33)23-12-9-20-6-5-14-29-25(20)30-23)16-32-15-13-22(27(3,4)17-32)19-7-10-21(28)11-8-19;;;/h5-6,18-25,29-30H,7-17H2,1-4H3,(H,31,33);1H4;2*1H2/t19?,20?,21?,22-,23?,24+,25?;;;/m1.../s1. The van der Waals surface area contributed by atoms with Crippen LogP contribution in [0.25, 0.3) is 0 Å². The van der Waals surface area contributed by atoms with Gasteiger partial charge in [-0.1, -0.05) is 47.3 Å². The van der Waals surface area contributed by atoms with Gasteiger partial charge in [-0.15, -0.1) is 11.6 Å². The van der Waals surface area contributed by atoms with Crippen LogP contribution in [0.1, 0.15) is 80.1 Å². The van der Waals surface area contributed by atoms with Gasteiger partial charge in [0.05, 0.1) is 12.2 Å². The second-order valence-electron chi connectivity index (χ2n) is 12.3. The Hall–Kier alpha value is -0.700. The lowest BCUT2D eigenvalue weighted by Crippen LogP contribution is -2.62. The minimum atomic E-state index is -0.0919. The number of rotatable bonds is 6. The number of amides is 1. The summed E-state index contributed by atoms with van der Waals surface area (Å²) in [6, 6.07) is 0.0982. The van der Waals surface area contributed by atoms with Crippen LogP contribution in [0.2, 0.25) is 0 Å². The first-order chi connectivity index (χ1) is 15.7. The van der Waals surface area contributed by atoms with Crippen molar-refractivity contribution in [1.29, 1.82) is 0 Å². The summed E-state index contributed by atoms with van der Waals surface area (Å²) in [6.45, 7) is 13.5. The molecule has 0 spiro atoms. The van der Waals surface area contributed by atoms with Crippen LogP contribution in [0.15, 0.2) is 12.2 Å². The third kappa shape index (κ3) is 8.15. The highest BCUT2D eigenvalue weighted by molar-refractivity contribution is 6.20. The van der Waals surface area contributed by atoms with E-state index in [1.165, 1.54) is 32.1 Å². The smallest absolute Gasteiger partial charge is 0.237 e. The predicted molar refractivity (Wildman–Crippen MR) is 151 cm³/mol. The highest BCUT2D eigenvalue weighted by Crippen LogP contribution is 2.45. The minimum Gasteiger partial charge on any atom is -0.412 e. The number of hydrogen-bond donors (Lipinski definition) is 3. The van der Waals surface area contributed by atoms with Gasteiger partial charge in [-0.2, -0.15) is 0 Å². The molecule has 8 heteroatoms. The Morgan fingerprint density at radius 3 is 2.44 bits per heavy atom. The Labute approximate surface area is 225 Å². The summed E-state index contributed by atoms with van der Waals surface area (Å²) < 4.78 is 0. The van der Waals surface area contributed by atoms with E-state index in [1.807, 2.05) is 0 Å². The van der Waals surface area contributed by atoms with E-state index in [0.29, 0.717) is 22.6 Å². The number of nitrogens with one attached hydrogen (secondary N) is 3. The van der Waals surface area contributed by atoms with E-state index >= 15 is 0 Å². The molecule has 3 heterocycles. The van der Waals surface area contributed by atoms with Gasteiger partial charge in [0.15, 0.2) is 0 Å². The predicted octanol–water partition coefficient (Wildman–Crippen LogP) is 3.11. The van der Waals surface area contributed by atoms with Crippen molar-refractivity contribution in [2.75, 3.05) is 26.2 Å². The van der Waals surface area contributed by atoms with Crippen molar-refractivity contribution in [3.8, 4) is 0 Å². The monoisotopic (exact) mass is 530 g/mol. The topological polar surface area (TPSA) is 119 Å². The molecule has 1 aliphatic carbocycles. The molecule has 0 aromatic carbocycles. The van der Waals surface area contributed by atoms with Crippen LogP contribution in [-0.4, -0.2) is 71.6 Å². The number of fused-ring (bicyclic) bond motifs is 1. The third-order valence-corrected chi connectivity index (χ3v) is 9.44. The van der Waals surface area contributed by atoms with Gasteiger partial charge in [-0.25, -0.2) is 0 Å². The number of piperidine rings is 2. The molecule has 0 aromatic rings. The molecular formula is C28H55ClN4O3. The zero-order valence-corrected chi connectivity index (χ0v) is 23.0. The summed E-state index contributed by atoms with van der Waals surface area (Å²) in [5.74, 6) is 2.73. The summed E-state index contributed by atoms with van der Waals surface area (Å²) in [6.07, 6.45) is 12.9. The lowest BCUT2D eigenvalue weighted by molar-refractivity contribution is -0.125. The number of carbonyl (C=O) groups is 1. The first-order valence-electron chi connectivity index (χ1n) is 13.6.